The van der Waals surface area contributed by atoms with E-state index in [1.54, 1.807) is 18.2 Å². The molecule has 0 radical (unpaired) electrons. The minimum absolute atomic E-state index is 0.217. The van der Waals surface area contributed by atoms with Crippen LogP contribution in [0.15, 0.2) is 18.2 Å². The molecule has 1 aromatic carbocycles. The molecule has 0 N–H and O–H groups in total. The molecule has 0 spiro atoms. The molecule has 0 saturated carbocycles. The van der Waals surface area contributed by atoms with E-state index in [-0.39, 0.29) is 6.10 Å². The van der Waals surface area contributed by atoms with Crippen molar-refractivity contribution < 1.29 is 9.53 Å². The van der Waals surface area contributed by atoms with Gasteiger partial charge in [0.1, 0.15) is 18.1 Å². The largest absolute Gasteiger partial charge is 0.489 e. The molecule has 3 nitrogen and oxygen atoms in total. The van der Waals surface area contributed by atoms with Crippen LogP contribution in [0.3, 0.4) is 0 Å². The Morgan fingerprint density at radius 3 is 2.94 bits per heavy atom. The molecule has 1 fully saturated rings. The van der Waals surface area contributed by atoms with Gasteiger partial charge in [-0.1, -0.05) is 11.6 Å². The molecule has 0 aromatic heterocycles. The predicted molar refractivity (Wildman–Crippen MR) is 72.6 cm³/mol. The van der Waals surface area contributed by atoms with E-state index >= 15 is 0 Å². The molecular formula is C14H18ClNO2. The van der Waals surface area contributed by atoms with Crippen LogP contribution in [0, 0.1) is 0 Å². The van der Waals surface area contributed by atoms with Crippen molar-refractivity contribution >= 4 is 17.9 Å². The van der Waals surface area contributed by atoms with Crippen LogP contribution in [0.2, 0.25) is 5.02 Å². The van der Waals surface area contributed by atoms with Gasteiger partial charge >= 0.3 is 0 Å². The first-order valence-corrected chi connectivity index (χ1v) is 6.67. The topological polar surface area (TPSA) is 29.5 Å². The van der Waals surface area contributed by atoms with E-state index in [0.29, 0.717) is 16.3 Å². The van der Waals surface area contributed by atoms with E-state index in [4.69, 9.17) is 16.3 Å². The second kappa shape index (κ2) is 6.21. The lowest BCUT2D eigenvalue weighted by Crippen LogP contribution is -2.21. The molecule has 2 rings (SSSR count). The van der Waals surface area contributed by atoms with Gasteiger partial charge in [-0.2, -0.15) is 0 Å². The van der Waals surface area contributed by atoms with Crippen LogP contribution in [0.1, 0.15) is 29.6 Å². The SMILES string of the molecule is CN1CCCC(Oc2ccc(C=O)cc2Cl)CC1. The molecule has 98 valence electrons. The fourth-order valence-corrected chi connectivity index (χ4v) is 2.43. The van der Waals surface area contributed by atoms with Crippen LogP contribution >= 0.6 is 11.6 Å². The maximum absolute atomic E-state index is 10.6. The summed E-state index contributed by atoms with van der Waals surface area (Å²) in [5.74, 6) is 0.678. The van der Waals surface area contributed by atoms with Crippen molar-refractivity contribution in [3.05, 3.63) is 28.8 Å². The standard InChI is InChI=1S/C14H18ClNO2/c1-16-7-2-3-12(6-8-16)18-14-5-4-11(10-17)9-13(14)15/h4-5,9-10,12H,2-3,6-8H2,1H3. The summed E-state index contributed by atoms with van der Waals surface area (Å²) < 4.78 is 5.94. The number of hydrogen-bond donors (Lipinski definition) is 0. The quantitative estimate of drug-likeness (QED) is 0.789. The number of nitrogens with zero attached hydrogens (tertiary/aromatic N) is 1. The molecule has 1 atom stereocenters. The summed E-state index contributed by atoms with van der Waals surface area (Å²) in [5, 5.41) is 0.511. The van der Waals surface area contributed by atoms with Gasteiger partial charge in [0.2, 0.25) is 0 Å². The zero-order valence-corrected chi connectivity index (χ0v) is 11.3. The second-order valence-corrected chi connectivity index (χ2v) is 5.19. The minimum Gasteiger partial charge on any atom is -0.489 e. The zero-order valence-electron chi connectivity index (χ0n) is 10.6. The number of carbonyl (C=O) groups is 1. The Kier molecular flexibility index (Phi) is 4.61. The van der Waals surface area contributed by atoms with Gasteiger partial charge in [0, 0.05) is 12.1 Å². The maximum Gasteiger partial charge on any atom is 0.150 e. The van der Waals surface area contributed by atoms with Gasteiger partial charge in [0.15, 0.2) is 0 Å². The third-order valence-electron chi connectivity index (χ3n) is 3.28. The highest BCUT2D eigenvalue weighted by molar-refractivity contribution is 6.32. The molecule has 1 aromatic rings. The van der Waals surface area contributed by atoms with Gasteiger partial charge < -0.3 is 9.64 Å². The number of likely N-dealkylation sites (tertiary alicyclic amines) is 1. The average Bonchev–Trinajstić information content (AvgIpc) is 2.57. The first-order chi connectivity index (χ1) is 8.69. The van der Waals surface area contributed by atoms with Crippen molar-refractivity contribution in [1.29, 1.82) is 0 Å². The molecule has 1 aliphatic heterocycles. The fraction of sp³-hybridized carbons (Fsp3) is 0.500. The van der Waals surface area contributed by atoms with Crippen molar-refractivity contribution in [2.24, 2.45) is 0 Å². The molecule has 0 bridgehead atoms. The molecule has 1 aliphatic rings. The van der Waals surface area contributed by atoms with Crippen LogP contribution < -0.4 is 4.74 Å². The summed E-state index contributed by atoms with van der Waals surface area (Å²) in [7, 11) is 2.13. The number of halogens is 1. The van der Waals surface area contributed by atoms with Gasteiger partial charge in [-0.15, -0.1) is 0 Å². The van der Waals surface area contributed by atoms with Crippen LogP contribution in [-0.2, 0) is 0 Å². The van der Waals surface area contributed by atoms with Gasteiger partial charge in [-0.25, -0.2) is 0 Å². The van der Waals surface area contributed by atoms with Crippen molar-refractivity contribution in [2.75, 3.05) is 20.1 Å². The molecule has 1 saturated heterocycles. The maximum atomic E-state index is 10.6. The highest BCUT2D eigenvalue weighted by Crippen LogP contribution is 2.27. The molecular weight excluding hydrogens is 250 g/mol. The lowest BCUT2D eigenvalue weighted by molar-refractivity contribution is 0.112. The number of hydrogen-bond acceptors (Lipinski definition) is 3. The minimum atomic E-state index is 0.217. The monoisotopic (exact) mass is 267 g/mol. The van der Waals surface area contributed by atoms with E-state index in [1.807, 2.05) is 0 Å². The Labute approximate surface area is 113 Å². The third kappa shape index (κ3) is 3.47. The van der Waals surface area contributed by atoms with Gasteiger partial charge in [0.25, 0.3) is 0 Å². The van der Waals surface area contributed by atoms with Crippen LogP contribution in [0.4, 0.5) is 0 Å². The molecule has 0 amide bonds. The van der Waals surface area contributed by atoms with Gasteiger partial charge in [-0.3, -0.25) is 4.79 Å². The van der Waals surface area contributed by atoms with Gasteiger partial charge in [0.05, 0.1) is 5.02 Å². The predicted octanol–water partition coefficient (Wildman–Crippen LogP) is 3.02. The second-order valence-electron chi connectivity index (χ2n) is 4.78. The molecule has 4 heteroatoms. The first kappa shape index (κ1) is 13.4. The number of carbonyl (C=O) groups excluding carboxylic acids is 1. The first-order valence-electron chi connectivity index (χ1n) is 6.29. The van der Waals surface area contributed by atoms with Crippen molar-refractivity contribution in [2.45, 2.75) is 25.4 Å². The van der Waals surface area contributed by atoms with Gasteiger partial charge in [-0.05, 0) is 51.1 Å². The zero-order chi connectivity index (χ0) is 13.0. The van der Waals surface area contributed by atoms with Crippen LogP contribution in [0.5, 0.6) is 5.75 Å². The Balaban J connectivity index is 2.02. The number of ether oxygens (including phenoxy) is 1. The summed E-state index contributed by atoms with van der Waals surface area (Å²) in [6.45, 7) is 2.17. The molecule has 1 heterocycles. The number of benzene rings is 1. The normalized spacial score (nSPS) is 21.3. The fourth-order valence-electron chi connectivity index (χ4n) is 2.19. The highest BCUT2D eigenvalue weighted by Gasteiger charge is 2.17. The van der Waals surface area contributed by atoms with E-state index in [0.717, 1.165) is 38.6 Å². The Hall–Kier alpha value is -1.06. The van der Waals surface area contributed by atoms with E-state index in [2.05, 4.69) is 11.9 Å². The Morgan fingerprint density at radius 1 is 1.39 bits per heavy atom. The smallest absolute Gasteiger partial charge is 0.150 e. The van der Waals surface area contributed by atoms with Crippen molar-refractivity contribution in [3.63, 3.8) is 0 Å². The highest BCUT2D eigenvalue weighted by atomic mass is 35.5. The van der Waals surface area contributed by atoms with Crippen LogP contribution in [0.25, 0.3) is 0 Å². The number of aldehydes is 1. The van der Waals surface area contributed by atoms with Crippen molar-refractivity contribution in [1.82, 2.24) is 4.90 Å². The summed E-state index contributed by atoms with van der Waals surface area (Å²) in [6, 6.07) is 5.16. The van der Waals surface area contributed by atoms with Crippen molar-refractivity contribution in [3.8, 4) is 5.75 Å². The van der Waals surface area contributed by atoms with E-state index in [1.165, 1.54) is 0 Å². The summed E-state index contributed by atoms with van der Waals surface area (Å²) in [5.41, 5.74) is 0.577. The third-order valence-corrected chi connectivity index (χ3v) is 3.58. The lowest BCUT2D eigenvalue weighted by Gasteiger charge is -2.18. The summed E-state index contributed by atoms with van der Waals surface area (Å²) >= 11 is 6.10. The molecule has 1 unspecified atom stereocenters. The number of rotatable bonds is 3. The lowest BCUT2D eigenvalue weighted by atomic mass is 10.1. The van der Waals surface area contributed by atoms with E-state index < -0.39 is 0 Å². The molecule has 0 aliphatic carbocycles. The Bertz CT molecular complexity index is 422. The molecule has 18 heavy (non-hydrogen) atoms. The summed E-state index contributed by atoms with van der Waals surface area (Å²) in [6.07, 6.45) is 4.22. The van der Waals surface area contributed by atoms with Crippen LogP contribution in [-0.4, -0.2) is 37.4 Å². The summed E-state index contributed by atoms with van der Waals surface area (Å²) in [4.78, 5) is 13.0. The Morgan fingerprint density at radius 2 is 2.22 bits per heavy atom. The average molecular weight is 268 g/mol. The van der Waals surface area contributed by atoms with E-state index in [9.17, 15) is 4.79 Å².